The SMILES string of the molecule is CCCCCCCCCCCCCCCCCCCCCCCCCCCCCCOP([O-])(=S)SCCCCCCCCCCCCCCCCCCCCCCCCCCCCCC.[Zn]. The minimum Gasteiger partial charge on any atom is -0.793 e. The predicted molar refractivity (Wildman–Crippen MR) is 303 cm³/mol. The van der Waals surface area contributed by atoms with Crippen LogP contribution in [-0.2, 0) is 35.8 Å². The first-order valence-electron chi connectivity index (χ1n) is 30.7. The van der Waals surface area contributed by atoms with E-state index in [1.807, 2.05) is 0 Å². The molecule has 0 saturated heterocycles. The van der Waals surface area contributed by atoms with Crippen molar-refractivity contribution in [1.29, 1.82) is 0 Å². The molecule has 1 atom stereocenters. The van der Waals surface area contributed by atoms with E-state index in [9.17, 15) is 4.89 Å². The van der Waals surface area contributed by atoms with Crippen molar-refractivity contribution in [3.05, 3.63) is 0 Å². The van der Waals surface area contributed by atoms with Crippen LogP contribution in [0.4, 0.5) is 0 Å². The molecule has 0 amide bonds. The van der Waals surface area contributed by atoms with Crippen LogP contribution in [0.25, 0.3) is 0 Å². The number of unbranched alkanes of at least 4 members (excludes halogenated alkanes) is 54. The monoisotopic (exact) mass is 1030 g/mol. The Balaban J connectivity index is 0. The molecule has 0 saturated carbocycles. The minimum absolute atomic E-state index is 0. The number of hydrogen-bond acceptors (Lipinski definition) is 4. The fourth-order valence-corrected chi connectivity index (χ4v) is 13.3. The Morgan fingerprint density at radius 3 is 0.606 bits per heavy atom. The Labute approximate surface area is 440 Å². The molecule has 0 aliphatic heterocycles. The average molecular weight is 1040 g/mol. The topological polar surface area (TPSA) is 32.3 Å². The molecular weight excluding hydrogens is 913 g/mol. The molecule has 0 heterocycles. The van der Waals surface area contributed by atoms with Gasteiger partial charge in [0.25, 0.3) is 0 Å². The van der Waals surface area contributed by atoms with E-state index in [1.54, 1.807) is 0 Å². The third-order valence-electron chi connectivity index (χ3n) is 14.5. The van der Waals surface area contributed by atoms with Crippen LogP contribution in [0.3, 0.4) is 0 Å². The zero-order chi connectivity index (χ0) is 46.9. The van der Waals surface area contributed by atoms with E-state index in [1.165, 1.54) is 358 Å². The van der Waals surface area contributed by atoms with Gasteiger partial charge in [0.15, 0.2) is 0 Å². The van der Waals surface area contributed by atoms with Crippen molar-refractivity contribution in [3.8, 4) is 0 Å². The van der Waals surface area contributed by atoms with Gasteiger partial charge in [-0.1, -0.05) is 372 Å². The fourth-order valence-electron chi connectivity index (χ4n) is 9.93. The van der Waals surface area contributed by atoms with Crippen LogP contribution in [-0.4, -0.2) is 12.4 Å². The molecule has 0 N–H and O–H groups in total. The Morgan fingerprint density at radius 1 is 0.273 bits per heavy atom. The van der Waals surface area contributed by atoms with Gasteiger partial charge in [-0.05, 0) is 18.6 Å². The maximum Gasteiger partial charge on any atom is 0.0513 e. The molecule has 0 rings (SSSR count). The predicted octanol–water partition coefficient (Wildman–Crippen LogP) is 23.2. The van der Waals surface area contributed by atoms with Gasteiger partial charge in [0.1, 0.15) is 0 Å². The molecule has 2 nitrogen and oxygen atoms in total. The Kier molecular flexibility index (Phi) is 66.1. The molecule has 0 radical (unpaired) electrons. The van der Waals surface area contributed by atoms with Gasteiger partial charge in [0.2, 0.25) is 0 Å². The van der Waals surface area contributed by atoms with Gasteiger partial charge >= 0.3 is 0 Å². The van der Waals surface area contributed by atoms with Crippen molar-refractivity contribution >= 4 is 28.9 Å². The second-order valence-electron chi connectivity index (χ2n) is 21.2. The Bertz CT molecular complexity index is 827. The van der Waals surface area contributed by atoms with Crippen LogP contribution < -0.4 is 4.89 Å². The molecule has 0 aliphatic rings. The van der Waals surface area contributed by atoms with E-state index in [-0.39, 0.29) is 19.5 Å². The molecule has 0 aromatic carbocycles. The van der Waals surface area contributed by atoms with E-state index >= 15 is 0 Å². The summed E-state index contributed by atoms with van der Waals surface area (Å²) in [4.78, 5) is 12.7. The van der Waals surface area contributed by atoms with E-state index in [0.717, 1.165) is 18.6 Å². The largest absolute Gasteiger partial charge is 0.793 e. The number of rotatable bonds is 60. The number of hydrogen-bond donors (Lipinski definition) is 0. The van der Waals surface area contributed by atoms with Crippen LogP contribution in [0.2, 0.25) is 0 Å². The van der Waals surface area contributed by atoms with Crippen molar-refractivity contribution in [1.82, 2.24) is 0 Å². The molecule has 66 heavy (non-hydrogen) atoms. The minimum atomic E-state index is -2.90. The molecule has 0 aromatic rings. The standard InChI is InChI=1S/C60H123O2PS2.Zn/c1-3-5-7-9-11-13-15-17-19-21-23-25-27-29-31-33-35-37-39-41-43-45-47-49-51-53-55-57-59-62-63(61,64)65-60-58-56-54-52-50-48-46-44-42-40-38-36-34-32-30-28-26-24-22-20-18-16-14-12-10-8-6-4-2;/h3-60H2,1-2H3,(H,61,64);/p-1. The Hall–Kier alpha value is 1.54. The summed E-state index contributed by atoms with van der Waals surface area (Å²) in [6.07, 6.45) is 79.5. The molecule has 0 fully saturated rings. The molecule has 0 bridgehead atoms. The zero-order valence-electron chi connectivity index (χ0n) is 45.8. The first-order chi connectivity index (χ1) is 32.1. The molecule has 0 aromatic heterocycles. The zero-order valence-corrected chi connectivity index (χ0v) is 51.3. The molecular formula is C60H122O2PS2Zn-. The first kappa shape index (κ1) is 69.6. The second kappa shape index (κ2) is 62.7. The summed E-state index contributed by atoms with van der Waals surface area (Å²) in [5.41, 5.74) is -2.90. The quantitative estimate of drug-likeness (QED) is 0.0345. The van der Waals surface area contributed by atoms with Crippen molar-refractivity contribution in [3.63, 3.8) is 0 Å². The van der Waals surface area contributed by atoms with Crippen LogP contribution in [0.1, 0.15) is 373 Å². The molecule has 394 valence electrons. The van der Waals surface area contributed by atoms with Crippen LogP contribution in [0.5, 0.6) is 0 Å². The van der Waals surface area contributed by atoms with Gasteiger partial charge in [-0.2, -0.15) is 0 Å². The van der Waals surface area contributed by atoms with Crippen LogP contribution in [0, 0.1) is 0 Å². The maximum absolute atomic E-state index is 12.7. The summed E-state index contributed by atoms with van der Waals surface area (Å²) in [6.45, 7) is 5.19. The molecule has 0 spiro atoms. The normalized spacial score (nSPS) is 12.5. The summed E-state index contributed by atoms with van der Waals surface area (Å²) < 4.78 is 5.68. The Morgan fingerprint density at radius 2 is 0.424 bits per heavy atom. The van der Waals surface area contributed by atoms with Crippen LogP contribution >= 0.6 is 17.1 Å². The fraction of sp³-hybridized carbons (Fsp3) is 1.00. The molecule has 6 heteroatoms. The van der Waals surface area contributed by atoms with E-state index in [4.69, 9.17) is 16.3 Å². The van der Waals surface area contributed by atoms with Gasteiger partial charge < -0.3 is 9.42 Å². The summed E-state index contributed by atoms with van der Waals surface area (Å²) in [5.74, 6) is 0.889. The van der Waals surface area contributed by atoms with Gasteiger partial charge in [-0.3, -0.25) is 0 Å². The van der Waals surface area contributed by atoms with Crippen molar-refractivity contribution in [2.45, 2.75) is 373 Å². The third kappa shape index (κ3) is 63.6. The van der Waals surface area contributed by atoms with E-state index < -0.39 is 5.69 Å². The van der Waals surface area contributed by atoms with E-state index in [0.29, 0.717) is 6.61 Å². The smallest absolute Gasteiger partial charge is 0.0513 e. The summed E-state index contributed by atoms with van der Waals surface area (Å²) >= 11 is 6.75. The van der Waals surface area contributed by atoms with Gasteiger partial charge in [0, 0.05) is 25.2 Å². The average Bonchev–Trinajstić information content (AvgIpc) is 3.30. The molecule has 0 aliphatic carbocycles. The van der Waals surface area contributed by atoms with Gasteiger partial charge in [0.05, 0.1) is 6.61 Å². The van der Waals surface area contributed by atoms with Crippen LogP contribution in [0.15, 0.2) is 0 Å². The maximum atomic E-state index is 12.7. The summed E-state index contributed by atoms with van der Waals surface area (Å²) in [6, 6.07) is 0. The van der Waals surface area contributed by atoms with Crippen molar-refractivity contribution in [2.75, 3.05) is 12.4 Å². The van der Waals surface area contributed by atoms with Gasteiger partial charge in [-0.25, -0.2) is 0 Å². The van der Waals surface area contributed by atoms with Gasteiger partial charge in [-0.15, -0.1) is 11.4 Å². The van der Waals surface area contributed by atoms with Crippen molar-refractivity contribution in [2.24, 2.45) is 0 Å². The third-order valence-corrected chi connectivity index (χ3v) is 18.9. The first-order valence-corrected chi connectivity index (χ1v) is 35.0. The van der Waals surface area contributed by atoms with E-state index in [2.05, 4.69) is 13.8 Å². The second-order valence-corrected chi connectivity index (χ2v) is 27.4. The molecule has 1 unspecified atom stereocenters. The summed E-state index contributed by atoms with van der Waals surface area (Å²) in [7, 11) is 0. The van der Waals surface area contributed by atoms with Crippen molar-refractivity contribution < 1.29 is 28.9 Å². The summed E-state index contributed by atoms with van der Waals surface area (Å²) in [5, 5.41) is 0.